The molecule has 2 aliphatic heterocycles. The zero-order chi connectivity index (χ0) is 15.5. The maximum Gasteiger partial charge on any atom is 0.192 e. The molecule has 0 radical (unpaired) electrons. The van der Waals surface area contributed by atoms with Crippen molar-refractivity contribution in [3.05, 3.63) is 23.8 Å². The first-order valence-electron chi connectivity index (χ1n) is 7.61. The maximum absolute atomic E-state index is 6.67. The van der Waals surface area contributed by atoms with Crippen molar-refractivity contribution in [1.82, 2.24) is 0 Å². The van der Waals surface area contributed by atoms with Gasteiger partial charge < -0.3 is 18.6 Å². The van der Waals surface area contributed by atoms with Gasteiger partial charge in [-0.25, -0.2) is 0 Å². The molecule has 0 bridgehead atoms. The normalized spacial score (nSPS) is 38.6. The van der Waals surface area contributed by atoms with Gasteiger partial charge in [0.25, 0.3) is 0 Å². The minimum atomic E-state index is -1.95. The fraction of sp³-hybridized carbons (Fsp3) is 0.750. The average Bonchev–Trinajstić information content (AvgIpc) is 2.98. The van der Waals surface area contributed by atoms with Crippen LogP contribution in [0.4, 0.5) is 0 Å². The maximum atomic E-state index is 6.67. The fourth-order valence-corrected chi connectivity index (χ4v) is 4.35. The van der Waals surface area contributed by atoms with Gasteiger partial charge in [0.2, 0.25) is 0 Å². The second-order valence-electron chi connectivity index (χ2n) is 7.58. The lowest BCUT2D eigenvalue weighted by molar-refractivity contribution is -0.141. The third-order valence-electron chi connectivity index (χ3n) is 5.36. The summed E-state index contributed by atoms with van der Waals surface area (Å²) in [5.41, 5.74) is 0.673. The molecule has 118 valence electrons. The van der Waals surface area contributed by atoms with Crippen LogP contribution in [-0.2, 0) is 18.6 Å². The van der Waals surface area contributed by atoms with Crippen LogP contribution in [0.25, 0.3) is 0 Å². The van der Waals surface area contributed by atoms with Crippen LogP contribution in [-0.4, -0.2) is 46.1 Å². The van der Waals surface area contributed by atoms with E-state index in [1.54, 1.807) is 7.11 Å². The quantitative estimate of drug-likeness (QED) is 0.751. The van der Waals surface area contributed by atoms with Crippen molar-refractivity contribution in [2.24, 2.45) is 0 Å². The van der Waals surface area contributed by atoms with E-state index in [1.165, 1.54) is 5.57 Å². The summed E-state index contributed by atoms with van der Waals surface area (Å²) < 4.78 is 24.4. The van der Waals surface area contributed by atoms with Crippen LogP contribution in [0, 0.1) is 0 Å². The van der Waals surface area contributed by atoms with Crippen molar-refractivity contribution in [2.45, 2.75) is 63.0 Å². The van der Waals surface area contributed by atoms with Crippen LogP contribution in [0.5, 0.6) is 0 Å². The summed E-state index contributed by atoms with van der Waals surface area (Å²) >= 11 is 0. The molecule has 0 aromatic carbocycles. The van der Waals surface area contributed by atoms with Crippen molar-refractivity contribution >= 4 is 8.32 Å². The Balaban J connectivity index is 1.94. The van der Waals surface area contributed by atoms with Gasteiger partial charge in [0.1, 0.15) is 12.2 Å². The highest BCUT2D eigenvalue weighted by atomic mass is 28.4. The number of methoxy groups -OCH3 is 1. The topological polar surface area (TPSA) is 36.9 Å². The third-order valence-corrected chi connectivity index (χ3v) is 9.82. The fourth-order valence-electron chi connectivity index (χ4n) is 3.08. The van der Waals surface area contributed by atoms with Gasteiger partial charge >= 0.3 is 0 Å². The first kappa shape index (κ1) is 15.4. The largest absolute Gasteiger partial charge is 0.406 e. The van der Waals surface area contributed by atoms with Gasteiger partial charge in [-0.3, -0.25) is 0 Å². The zero-order valence-corrected chi connectivity index (χ0v) is 14.8. The van der Waals surface area contributed by atoms with E-state index in [0.717, 1.165) is 0 Å². The Morgan fingerprint density at radius 3 is 2.67 bits per heavy atom. The molecule has 1 aliphatic carbocycles. The molecule has 4 atom stereocenters. The molecule has 2 heterocycles. The highest BCUT2D eigenvalue weighted by Crippen LogP contribution is 2.51. The summed E-state index contributed by atoms with van der Waals surface area (Å²) in [4.78, 5) is 0. The van der Waals surface area contributed by atoms with Crippen LogP contribution >= 0.6 is 0 Å². The summed E-state index contributed by atoms with van der Waals surface area (Å²) in [5, 5.41) is 0.133. The van der Waals surface area contributed by atoms with E-state index >= 15 is 0 Å². The van der Waals surface area contributed by atoms with E-state index in [2.05, 4.69) is 52.1 Å². The summed E-state index contributed by atoms with van der Waals surface area (Å²) in [6.45, 7) is 11.9. The summed E-state index contributed by atoms with van der Waals surface area (Å²) in [5.74, 6) is 0. The SMILES string of the molecule is CO[C@H]1OC2C=CC3=CCO[C@]32[C@H]1O[Si](C)(C)C(C)(C)C. The van der Waals surface area contributed by atoms with Crippen molar-refractivity contribution < 1.29 is 18.6 Å². The minimum Gasteiger partial charge on any atom is -0.406 e. The Labute approximate surface area is 128 Å². The van der Waals surface area contributed by atoms with Gasteiger partial charge in [-0.2, -0.15) is 0 Å². The summed E-state index contributed by atoms with van der Waals surface area (Å²) in [6.07, 6.45) is 5.59. The van der Waals surface area contributed by atoms with E-state index < -0.39 is 13.9 Å². The second-order valence-corrected chi connectivity index (χ2v) is 12.3. The van der Waals surface area contributed by atoms with E-state index in [-0.39, 0.29) is 23.5 Å². The Hall–Kier alpha value is -0.463. The van der Waals surface area contributed by atoms with Crippen LogP contribution in [0.2, 0.25) is 18.1 Å². The molecule has 0 saturated carbocycles. The predicted octanol–water partition coefficient (Wildman–Crippen LogP) is 3.01. The summed E-state index contributed by atoms with van der Waals surface area (Å²) in [6, 6.07) is 0. The van der Waals surface area contributed by atoms with E-state index in [9.17, 15) is 0 Å². The number of hydrogen-bond acceptors (Lipinski definition) is 4. The smallest absolute Gasteiger partial charge is 0.192 e. The van der Waals surface area contributed by atoms with Crippen LogP contribution < -0.4 is 0 Å². The van der Waals surface area contributed by atoms with Crippen molar-refractivity contribution in [3.8, 4) is 0 Å². The molecule has 3 rings (SSSR count). The molecule has 3 aliphatic rings. The van der Waals surface area contributed by atoms with Gasteiger partial charge in [0.15, 0.2) is 20.2 Å². The van der Waals surface area contributed by atoms with Crippen LogP contribution in [0.15, 0.2) is 23.8 Å². The highest BCUT2D eigenvalue weighted by Gasteiger charge is 2.64. The molecular formula is C16H26O4Si. The standard InChI is InChI=1S/C16H26O4Si/c1-15(2,3)21(5,6)20-13-14(17-4)19-12-8-7-11-9-10-18-16(11,12)13/h7-9,12-14H,10H2,1-6H3/t12?,13-,14-,16+/m0/s1. The molecule has 1 unspecified atom stereocenters. The molecule has 0 amide bonds. The summed E-state index contributed by atoms with van der Waals surface area (Å²) in [7, 11) is -0.275. The lowest BCUT2D eigenvalue weighted by Crippen LogP contribution is -2.55. The van der Waals surface area contributed by atoms with E-state index in [1.807, 2.05) is 0 Å². The number of rotatable bonds is 3. The average molecular weight is 310 g/mol. The van der Waals surface area contributed by atoms with Crippen LogP contribution in [0.3, 0.4) is 0 Å². The van der Waals surface area contributed by atoms with E-state index in [0.29, 0.717) is 6.61 Å². The van der Waals surface area contributed by atoms with Gasteiger partial charge in [0.05, 0.1) is 6.61 Å². The Bertz CT molecular complexity index is 491. The zero-order valence-electron chi connectivity index (χ0n) is 13.8. The molecule has 0 aromatic heterocycles. The molecule has 5 heteroatoms. The number of hydrogen-bond donors (Lipinski definition) is 0. The van der Waals surface area contributed by atoms with Gasteiger partial charge in [-0.05, 0) is 23.7 Å². The first-order valence-corrected chi connectivity index (χ1v) is 10.5. The molecule has 0 N–H and O–H groups in total. The van der Waals surface area contributed by atoms with Gasteiger partial charge in [-0.15, -0.1) is 0 Å². The van der Waals surface area contributed by atoms with Crippen molar-refractivity contribution in [2.75, 3.05) is 13.7 Å². The third kappa shape index (κ3) is 2.10. The van der Waals surface area contributed by atoms with Gasteiger partial charge in [0, 0.05) is 7.11 Å². The Morgan fingerprint density at radius 2 is 2.05 bits per heavy atom. The molecule has 0 aromatic rings. The predicted molar refractivity (Wildman–Crippen MR) is 83.6 cm³/mol. The lowest BCUT2D eigenvalue weighted by atomic mass is 9.90. The van der Waals surface area contributed by atoms with Crippen LogP contribution in [0.1, 0.15) is 20.8 Å². The second kappa shape index (κ2) is 4.76. The molecule has 1 saturated heterocycles. The lowest BCUT2D eigenvalue weighted by Gasteiger charge is -2.43. The Kier molecular flexibility index (Phi) is 3.50. The number of ether oxygens (including phenoxy) is 3. The molecule has 4 nitrogen and oxygen atoms in total. The molecule has 1 fully saturated rings. The highest BCUT2D eigenvalue weighted by molar-refractivity contribution is 6.74. The van der Waals surface area contributed by atoms with E-state index in [4.69, 9.17) is 18.6 Å². The van der Waals surface area contributed by atoms with Gasteiger partial charge in [-0.1, -0.05) is 39.0 Å². The Morgan fingerprint density at radius 1 is 1.33 bits per heavy atom. The first-order chi connectivity index (χ1) is 9.72. The van der Waals surface area contributed by atoms with Crippen molar-refractivity contribution in [3.63, 3.8) is 0 Å². The molecule has 1 spiro atoms. The van der Waals surface area contributed by atoms with Crippen molar-refractivity contribution in [1.29, 1.82) is 0 Å². The monoisotopic (exact) mass is 310 g/mol. The molecular weight excluding hydrogens is 284 g/mol. The minimum absolute atomic E-state index is 0.106. The molecule has 21 heavy (non-hydrogen) atoms.